The number of nitrogens with one attached hydrogen (secondary N) is 1. The maximum Gasteiger partial charge on any atom is 0.248 e. The Balaban J connectivity index is 2.34. The Morgan fingerprint density at radius 3 is 2.74 bits per heavy atom. The highest BCUT2D eigenvalue weighted by molar-refractivity contribution is 5.45. The monoisotopic (exact) mass is 270 g/mol. The summed E-state index contributed by atoms with van der Waals surface area (Å²) in [6, 6.07) is 0. The van der Waals surface area contributed by atoms with Crippen molar-refractivity contribution in [1.82, 2.24) is 9.97 Å². The Labute approximate surface area is 111 Å². The lowest BCUT2D eigenvalue weighted by molar-refractivity contribution is -0.0417. The molecule has 1 aliphatic carbocycles. The van der Waals surface area contributed by atoms with Gasteiger partial charge in [0.05, 0.1) is 0 Å². The molecule has 0 aromatic carbocycles. The number of nitrogens with two attached hydrogens (primary N) is 1. The number of aromatic nitrogens is 2. The maximum absolute atomic E-state index is 13.5. The summed E-state index contributed by atoms with van der Waals surface area (Å²) in [5.74, 6) is 3.60. The van der Waals surface area contributed by atoms with Crippen LogP contribution >= 0.6 is 0 Å². The minimum atomic E-state index is -2.60. The van der Waals surface area contributed by atoms with Crippen LogP contribution in [-0.4, -0.2) is 15.9 Å². The molecule has 0 radical (unpaired) electrons. The molecule has 3 N–H and O–H groups in total. The quantitative estimate of drug-likeness (QED) is 0.654. The second kappa shape index (κ2) is 5.36. The number of hydrazine groups is 1. The van der Waals surface area contributed by atoms with Crippen LogP contribution in [0.25, 0.3) is 0 Å². The lowest BCUT2D eigenvalue weighted by Gasteiger charge is -2.28. The molecule has 1 aromatic rings. The van der Waals surface area contributed by atoms with Gasteiger partial charge < -0.3 is 5.43 Å². The molecule has 1 saturated carbocycles. The third kappa shape index (κ3) is 3.00. The molecule has 0 amide bonds. The van der Waals surface area contributed by atoms with Gasteiger partial charge in [-0.3, -0.25) is 0 Å². The fourth-order valence-electron chi connectivity index (χ4n) is 2.64. The third-order valence-electron chi connectivity index (χ3n) is 3.74. The Kier molecular flexibility index (Phi) is 3.99. The summed E-state index contributed by atoms with van der Waals surface area (Å²) in [4.78, 5) is 8.76. The summed E-state index contributed by atoms with van der Waals surface area (Å²) >= 11 is 0. The van der Waals surface area contributed by atoms with Crippen molar-refractivity contribution in [3.8, 4) is 0 Å². The van der Waals surface area contributed by atoms with Crippen LogP contribution in [0, 0.1) is 6.92 Å². The molecule has 4 nitrogen and oxygen atoms in total. The van der Waals surface area contributed by atoms with Gasteiger partial charge in [0.1, 0.15) is 11.6 Å². The van der Waals surface area contributed by atoms with E-state index in [0.29, 0.717) is 24.5 Å². The van der Waals surface area contributed by atoms with Crippen LogP contribution < -0.4 is 11.3 Å². The largest absolute Gasteiger partial charge is 0.308 e. The first-order valence-electron chi connectivity index (χ1n) is 6.68. The number of halogens is 2. The number of hydrogen-bond acceptors (Lipinski definition) is 4. The molecule has 6 heteroatoms. The topological polar surface area (TPSA) is 63.8 Å². The second-order valence-corrected chi connectivity index (χ2v) is 5.15. The van der Waals surface area contributed by atoms with E-state index < -0.39 is 5.92 Å². The second-order valence-electron chi connectivity index (χ2n) is 5.15. The van der Waals surface area contributed by atoms with Gasteiger partial charge in [-0.25, -0.2) is 24.6 Å². The molecule has 1 heterocycles. The van der Waals surface area contributed by atoms with E-state index in [1.807, 2.05) is 13.8 Å². The van der Waals surface area contributed by atoms with Gasteiger partial charge in [0, 0.05) is 30.0 Å². The molecule has 0 aliphatic heterocycles. The summed E-state index contributed by atoms with van der Waals surface area (Å²) in [7, 11) is 0. The molecule has 1 aliphatic rings. The lowest BCUT2D eigenvalue weighted by Crippen LogP contribution is -2.26. The van der Waals surface area contributed by atoms with Crippen molar-refractivity contribution in [3.63, 3.8) is 0 Å². The Bertz CT molecular complexity index is 437. The number of hydrogen-bond donors (Lipinski definition) is 2. The van der Waals surface area contributed by atoms with E-state index in [1.165, 1.54) is 0 Å². The smallest absolute Gasteiger partial charge is 0.248 e. The van der Waals surface area contributed by atoms with Crippen LogP contribution in [0.1, 0.15) is 55.6 Å². The van der Waals surface area contributed by atoms with Crippen molar-refractivity contribution in [3.05, 3.63) is 17.1 Å². The zero-order valence-electron chi connectivity index (χ0n) is 11.3. The van der Waals surface area contributed by atoms with Gasteiger partial charge in [-0.05, 0) is 26.2 Å². The van der Waals surface area contributed by atoms with Crippen LogP contribution in [0.3, 0.4) is 0 Å². The number of alkyl halides is 2. The fraction of sp³-hybridized carbons (Fsp3) is 0.692. The summed E-state index contributed by atoms with van der Waals surface area (Å²) in [5.41, 5.74) is 4.28. The van der Waals surface area contributed by atoms with Crippen molar-refractivity contribution in [2.24, 2.45) is 5.84 Å². The molecular weight excluding hydrogens is 250 g/mol. The maximum atomic E-state index is 13.5. The number of aryl methyl sites for hydroxylation is 1. The molecule has 1 atom stereocenters. The Morgan fingerprint density at radius 2 is 2.16 bits per heavy atom. The van der Waals surface area contributed by atoms with E-state index in [0.717, 1.165) is 17.7 Å². The summed E-state index contributed by atoms with van der Waals surface area (Å²) in [5, 5.41) is 0. The van der Waals surface area contributed by atoms with Crippen molar-refractivity contribution in [2.45, 2.75) is 57.8 Å². The van der Waals surface area contributed by atoms with Crippen LogP contribution in [0.4, 0.5) is 14.6 Å². The molecule has 106 valence electrons. The normalized spacial score (nSPS) is 22.3. The minimum Gasteiger partial charge on any atom is -0.308 e. The minimum absolute atomic E-state index is 0.0298. The molecule has 2 rings (SSSR count). The van der Waals surface area contributed by atoms with E-state index in [2.05, 4.69) is 15.4 Å². The van der Waals surface area contributed by atoms with Crippen molar-refractivity contribution in [2.75, 3.05) is 5.43 Å². The summed E-state index contributed by atoms with van der Waals surface area (Å²) in [6.45, 7) is 3.86. The molecule has 1 aromatic heterocycles. The average Bonchev–Trinajstić information content (AvgIpc) is 2.37. The first-order chi connectivity index (χ1) is 8.96. The molecule has 1 unspecified atom stereocenters. The van der Waals surface area contributed by atoms with Gasteiger partial charge in [-0.15, -0.1) is 0 Å². The van der Waals surface area contributed by atoms with Gasteiger partial charge in [0.25, 0.3) is 0 Å². The zero-order valence-corrected chi connectivity index (χ0v) is 11.3. The average molecular weight is 270 g/mol. The van der Waals surface area contributed by atoms with E-state index in [9.17, 15) is 8.78 Å². The first kappa shape index (κ1) is 14.1. The van der Waals surface area contributed by atoms with E-state index >= 15 is 0 Å². The highest BCUT2D eigenvalue weighted by atomic mass is 19.3. The Morgan fingerprint density at radius 1 is 1.42 bits per heavy atom. The van der Waals surface area contributed by atoms with Crippen molar-refractivity contribution in [1.29, 1.82) is 0 Å². The van der Waals surface area contributed by atoms with Crippen molar-refractivity contribution < 1.29 is 8.78 Å². The van der Waals surface area contributed by atoms with Crippen LogP contribution in [0.2, 0.25) is 0 Å². The highest BCUT2D eigenvalue weighted by Gasteiger charge is 2.38. The van der Waals surface area contributed by atoms with Gasteiger partial charge in [0.2, 0.25) is 5.92 Å². The number of nitrogen functional groups attached to an aromatic ring is 1. The highest BCUT2D eigenvalue weighted by Crippen LogP contribution is 2.41. The summed E-state index contributed by atoms with van der Waals surface area (Å²) in [6.07, 6.45) is 1.77. The summed E-state index contributed by atoms with van der Waals surface area (Å²) < 4.78 is 27.0. The number of nitrogens with zero attached hydrogens (tertiary/aromatic N) is 2. The van der Waals surface area contributed by atoms with E-state index in [-0.39, 0.29) is 18.8 Å². The van der Waals surface area contributed by atoms with Gasteiger partial charge >= 0.3 is 0 Å². The lowest BCUT2D eigenvalue weighted by atomic mass is 9.86. The SMILES string of the molecule is CCc1nc(C2CCCC(F)(F)C2)nc(NN)c1C. The van der Waals surface area contributed by atoms with Gasteiger partial charge in [0.15, 0.2) is 0 Å². The van der Waals surface area contributed by atoms with Gasteiger partial charge in [-0.2, -0.15) is 0 Å². The van der Waals surface area contributed by atoms with E-state index in [1.54, 1.807) is 0 Å². The van der Waals surface area contributed by atoms with Gasteiger partial charge in [-0.1, -0.05) is 6.92 Å². The number of anilines is 1. The molecular formula is C13H20F2N4. The molecule has 0 bridgehead atoms. The number of rotatable bonds is 3. The predicted octanol–water partition coefficient (Wildman–Crippen LogP) is 2.93. The fourth-order valence-corrected chi connectivity index (χ4v) is 2.64. The first-order valence-corrected chi connectivity index (χ1v) is 6.68. The molecule has 19 heavy (non-hydrogen) atoms. The molecule has 1 fully saturated rings. The van der Waals surface area contributed by atoms with Crippen LogP contribution in [0.5, 0.6) is 0 Å². The van der Waals surface area contributed by atoms with Crippen LogP contribution in [-0.2, 0) is 6.42 Å². The third-order valence-corrected chi connectivity index (χ3v) is 3.74. The standard InChI is InChI=1S/C13H20F2N4/c1-3-10-8(2)11(19-16)18-12(17-10)9-5-4-6-13(14,15)7-9/h9H,3-7,16H2,1-2H3,(H,17,18,19). The van der Waals surface area contributed by atoms with E-state index in [4.69, 9.17) is 5.84 Å². The Hall–Kier alpha value is -1.30. The zero-order chi connectivity index (χ0) is 14.0. The predicted molar refractivity (Wildman–Crippen MR) is 70.1 cm³/mol. The molecule has 0 saturated heterocycles. The van der Waals surface area contributed by atoms with Crippen LogP contribution in [0.15, 0.2) is 0 Å². The molecule has 0 spiro atoms. The van der Waals surface area contributed by atoms with Crippen molar-refractivity contribution >= 4 is 5.82 Å².